The van der Waals surface area contributed by atoms with Crippen LogP contribution >= 0.6 is 15.9 Å². The Morgan fingerprint density at radius 2 is 1.47 bits per heavy atom. The van der Waals surface area contributed by atoms with Crippen LogP contribution < -0.4 is 19.1 Å². The van der Waals surface area contributed by atoms with Crippen LogP contribution in [0, 0.1) is 13.8 Å². The zero-order valence-corrected chi connectivity index (χ0v) is 32.0. The van der Waals surface area contributed by atoms with Gasteiger partial charge in [-0.2, -0.15) is 0 Å². The molecule has 1 aliphatic carbocycles. The Bertz CT molecular complexity index is 1890. The van der Waals surface area contributed by atoms with Crippen LogP contribution in [0.4, 0.5) is 5.69 Å². The molecule has 9 nitrogen and oxygen atoms in total. The van der Waals surface area contributed by atoms with E-state index in [0.29, 0.717) is 11.4 Å². The van der Waals surface area contributed by atoms with Crippen LogP contribution in [0.3, 0.4) is 0 Å². The van der Waals surface area contributed by atoms with Crippen molar-refractivity contribution in [2.45, 2.75) is 75.9 Å². The van der Waals surface area contributed by atoms with Gasteiger partial charge in [0.2, 0.25) is 11.8 Å². The number of hydrogen-bond acceptors (Lipinski definition) is 6. The quantitative estimate of drug-likeness (QED) is 0.144. The first-order valence-corrected chi connectivity index (χ1v) is 19.4. The molecule has 0 heterocycles. The first kappa shape index (κ1) is 37.9. The van der Waals surface area contributed by atoms with E-state index in [0.717, 1.165) is 63.1 Å². The fraction of sp³-hybridized carbons (Fsp3) is 0.350. The van der Waals surface area contributed by atoms with Crippen molar-refractivity contribution in [1.29, 1.82) is 0 Å². The van der Waals surface area contributed by atoms with E-state index in [1.165, 1.54) is 37.3 Å². The van der Waals surface area contributed by atoms with Gasteiger partial charge in [0.15, 0.2) is 11.5 Å². The Kier molecular flexibility index (Phi) is 12.8. The molecule has 0 aliphatic heterocycles. The lowest BCUT2D eigenvalue weighted by Gasteiger charge is -2.35. The molecule has 2 amide bonds. The zero-order chi connectivity index (χ0) is 36.5. The van der Waals surface area contributed by atoms with E-state index in [-0.39, 0.29) is 35.6 Å². The van der Waals surface area contributed by atoms with Gasteiger partial charge in [-0.15, -0.1) is 0 Å². The predicted octanol–water partition coefficient (Wildman–Crippen LogP) is 7.37. The van der Waals surface area contributed by atoms with Crippen molar-refractivity contribution in [1.82, 2.24) is 10.2 Å². The molecule has 1 aliphatic rings. The number of sulfonamides is 1. The van der Waals surface area contributed by atoms with E-state index in [2.05, 4.69) is 21.2 Å². The number of rotatable bonds is 14. The van der Waals surface area contributed by atoms with Crippen molar-refractivity contribution in [2.24, 2.45) is 0 Å². The summed E-state index contributed by atoms with van der Waals surface area (Å²) in [6.07, 6.45) is 5.23. The maximum Gasteiger partial charge on any atom is 0.264 e. The minimum Gasteiger partial charge on any atom is -0.493 e. The summed E-state index contributed by atoms with van der Waals surface area (Å²) in [5.74, 6) is -0.152. The van der Waals surface area contributed by atoms with Crippen LogP contribution in [0.2, 0.25) is 0 Å². The van der Waals surface area contributed by atoms with Gasteiger partial charge in [-0.1, -0.05) is 83.7 Å². The van der Waals surface area contributed by atoms with Crippen molar-refractivity contribution >= 4 is 43.5 Å². The highest BCUT2D eigenvalue weighted by Gasteiger charge is 2.36. The van der Waals surface area contributed by atoms with Crippen LogP contribution in [0.25, 0.3) is 0 Å². The van der Waals surface area contributed by atoms with Crippen molar-refractivity contribution < 1.29 is 27.5 Å². The van der Waals surface area contributed by atoms with Crippen molar-refractivity contribution in [3.8, 4) is 11.5 Å². The molecule has 1 unspecified atom stereocenters. The molecule has 4 aromatic rings. The number of carbonyl (C=O) groups excluding carboxylic acids is 2. The minimum atomic E-state index is -4.34. The molecule has 0 bridgehead atoms. The predicted molar refractivity (Wildman–Crippen MR) is 204 cm³/mol. The molecule has 51 heavy (non-hydrogen) atoms. The average Bonchev–Trinajstić information content (AvgIpc) is 3.12. The summed E-state index contributed by atoms with van der Waals surface area (Å²) < 4.78 is 42.0. The van der Waals surface area contributed by atoms with Gasteiger partial charge in [0.05, 0.1) is 24.8 Å². The minimum absolute atomic E-state index is 0.0198. The molecule has 0 saturated heterocycles. The molecule has 0 spiro atoms. The highest BCUT2D eigenvalue weighted by atomic mass is 79.9. The number of aryl methyl sites for hydroxylation is 2. The van der Waals surface area contributed by atoms with Gasteiger partial charge in [-0.05, 0) is 85.3 Å². The number of anilines is 1. The van der Waals surface area contributed by atoms with Crippen LogP contribution in [0.5, 0.6) is 11.5 Å². The zero-order valence-electron chi connectivity index (χ0n) is 29.6. The molecular formula is C40H46BrN3O6S. The van der Waals surface area contributed by atoms with E-state index in [1.54, 1.807) is 12.1 Å². The fourth-order valence-corrected chi connectivity index (χ4v) is 8.29. The van der Waals surface area contributed by atoms with Crippen LogP contribution in [0.15, 0.2) is 100 Å². The summed E-state index contributed by atoms with van der Waals surface area (Å²) in [4.78, 5) is 30.7. The normalized spacial score (nSPS) is 14.0. The first-order valence-electron chi connectivity index (χ1n) is 17.2. The Labute approximate surface area is 310 Å². The van der Waals surface area contributed by atoms with Gasteiger partial charge < -0.3 is 19.7 Å². The maximum absolute atomic E-state index is 14.9. The Hall–Kier alpha value is -4.35. The van der Waals surface area contributed by atoms with E-state index in [4.69, 9.17) is 9.47 Å². The van der Waals surface area contributed by atoms with E-state index in [1.807, 2.05) is 74.5 Å². The summed E-state index contributed by atoms with van der Waals surface area (Å²) in [5.41, 5.74) is 3.70. The highest BCUT2D eigenvalue weighted by molar-refractivity contribution is 9.10. The molecule has 0 radical (unpaired) electrons. The molecule has 1 fully saturated rings. The van der Waals surface area contributed by atoms with Crippen LogP contribution in [-0.2, 0) is 32.6 Å². The average molecular weight is 777 g/mol. The van der Waals surface area contributed by atoms with Gasteiger partial charge >= 0.3 is 0 Å². The molecule has 270 valence electrons. The number of halogens is 1. The number of hydrogen-bond donors (Lipinski definition) is 1. The van der Waals surface area contributed by atoms with E-state index in [9.17, 15) is 18.0 Å². The van der Waals surface area contributed by atoms with Gasteiger partial charge in [0.1, 0.15) is 12.6 Å². The van der Waals surface area contributed by atoms with Crippen molar-refractivity contribution in [3.05, 3.63) is 118 Å². The summed E-state index contributed by atoms with van der Waals surface area (Å²) in [7, 11) is -1.43. The monoisotopic (exact) mass is 775 g/mol. The standard InChI is InChI=1S/C40H46BrN3O6S/c1-28-21-29(2)23-34(22-28)44(51(47,48)35-19-20-37(49-3)38(25-35)50-4)27-39(45)43(26-31-15-17-32(41)18-16-31)36(24-30-11-7-5-8-12-30)40(46)42-33-13-9-6-10-14-33/h5,7-8,11-12,15-23,25,33,36H,6,9-10,13-14,24,26-27H2,1-4H3,(H,42,46). The lowest BCUT2D eigenvalue weighted by Crippen LogP contribution is -2.55. The number of methoxy groups -OCH3 is 2. The number of amides is 2. The largest absolute Gasteiger partial charge is 0.493 e. The second-order valence-corrected chi connectivity index (χ2v) is 15.8. The number of nitrogens with one attached hydrogen (secondary N) is 1. The molecule has 1 atom stereocenters. The summed E-state index contributed by atoms with van der Waals surface area (Å²) in [5, 5.41) is 3.25. The Morgan fingerprint density at radius 3 is 2.10 bits per heavy atom. The topological polar surface area (TPSA) is 105 Å². The summed E-state index contributed by atoms with van der Waals surface area (Å²) >= 11 is 3.49. The molecule has 0 aromatic heterocycles. The van der Waals surface area contributed by atoms with Crippen molar-refractivity contribution in [2.75, 3.05) is 25.1 Å². The Balaban J connectivity index is 1.60. The SMILES string of the molecule is COc1ccc(S(=O)(=O)N(CC(=O)N(Cc2ccc(Br)cc2)C(Cc2ccccc2)C(=O)NC2CCCCC2)c2cc(C)cc(C)c2)cc1OC. The molecule has 11 heteroatoms. The van der Waals surface area contributed by atoms with Gasteiger partial charge in [0, 0.05) is 29.5 Å². The molecule has 1 N–H and O–H groups in total. The molecule has 1 saturated carbocycles. The van der Waals surface area contributed by atoms with Crippen LogP contribution in [0.1, 0.15) is 54.4 Å². The molecule has 4 aromatic carbocycles. The first-order chi connectivity index (χ1) is 24.5. The smallest absolute Gasteiger partial charge is 0.264 e. The summed E-state index contributed by atoms with van der Waals surface area (Å²) in [6.45, 7) is 3.31. The van der Waals surface area contributed by atoms with Crippen molar-refractivity contribution in [3.63, 3.8) is 0 Å². The van der Waals surface area contributed by atoms with Gasteiger partial charge in [0.25, 0.3) is 10.0 Å². The third-order valence-corrected chi connectivity index (χ3v) is 11.5. The number of ether oxygens (including phenoxy) is 2. The van der Waals surface area contributed by atoms with E-state index >= 15 is 0 Å². The van der Waals surface area contributed by atoms with E-state index < -0.39 is 28.5 Å². The molecular weight excluding hydrogens is 730 g/mol. The summed E-state index contributed by atoms with van der Waals surface area (Å²) in [6, 6.07) is 26.1. The van der Waals surface area contributed by atoms with Gasteiger partial charge in [-0.3, -0.25) is 13.9 Å². The number of carbonyl (C=O) groups is 2. The van der Waals surface area contributed by atoms with Crippen LogP contribution in [-0.4, -0.2) is 58.0 Å². The Morgan fingerprint density at radius 1 is 0.824 bits per heavy atom. The lowest BCUT2D eigenvalue weighted by molar-refractivity contribution is -0.140. The third kappa shape index (κ3) is 9.71. The molecule has 5 rings (SSSR count). The lowest BCUT2D eigenvalue weighted by atomic mass is 9.94. The maximum atomic E-state index is 14.9. The number of nitrogens with zero attached hydrogens (tertiary/aromatic N) is 2. The second-order valence-electron chi connectivity index (χ2n) is 13.1. The second kappa shape index (κ2) is 17.2. The highest BCUT2D eigenvalue weighted by Crippen LogP contribution is 2.33. The van der Waals surface area contributed by atoms with Gasteiger partial charge in [-0.25, -0.2) is 8.42 Å². The third-order valence-electron chi connectivity index (χ3n) is 9.21. The fourth-order valence-electron chi connectivity index (χ4n) is 6.61. The number of benzene rings is 4.